The molecule has 1 aromatic heterocycles. The monoisotopic (exact) mass is 349 g/mol. The first-order valence-electron chi connectivity index (χ1n) is 7.54. The van der Waals surface area contributed by atoms with Crippen molar-refractivity contribution in [1.29, 1.82) is 0 Å². The van der Waals surface area contributed by atoms with Gasteiger partial charge in [-0.2, -0.15) is 5.10 Å². The fourth-order valence-electron chi connectivity index (χ4n) is 2.67. The number of rotatable bonds is 5. The molecule has 1 atom stereocenters. The third kappa shape index (κ3) is 4.15. The van der Waals surface area contributed by atoms with Crippen molar-refractivity contribution >= 4 is 34.9 Å². The summed E-state index contributed by atoms with van der Waals surface area (Å²) in [6, 6.07) is 7.14. The van der Waals surface area contributed by atoms with Crippen LogP contribution in [0.25, 0.3) is 0 Å². The standard InChI is InChI=1S/C17H17Cl2N3O/c18-14-6-5-13(15(19)10-14)11-22-16(7-8-20-22)21-17(23)9-12-3-1-2-4-12/h1,3,5-8,10,12H,2,4,9,11H2,(H,21,23)/t12-/m0/s1. The molecule has 1 heterocycles. The van der Waals surface area contributed by atoms with Gasteiger partial charge in [0, 0.05) is 22.5 Å². The summed E-state index contributed by atoms with van der Waals surface area (Å²) in [6.07, 6.45) is 8.52. The number of hydrogen-bond acceptors (Lipinski definition) is 2. The molecule has 0 radical (unpaired) electrons. The Morgan fingerprint density at radius 3 is 2.96 bits per heavy atom. The topological polar surface area (TPSA) is 46.9 Å². The first-order chi connectivity index (χ1) is 11.1. The molecule has 0 spiro atoms. The van der Waals surface area contributed by atoms with Gasteiger partial charge in [0.15, 0.2) is 0 Å². The normalized spacial score (nSPS) is 16.7. The molecule has 4 nitrogen and oxygen atoms in total. The number of benzene rings is 1. The van der Waals surface area contributed by atoms with Crippen molar-refractivity contribution in [2.75, 3.05) is 5.32 Å². The van der Waals surface area contributed by atoms with Crippen LogP contribution >= 0.6 is 23.2 Å². The minimum Gasteiger partial charge on any atom is -0.311 e. The van der Waals surface area contributed by atoms with E-state index in [-0.39, 0.29) is 5.91 Å². The highest BCUT2D eigenvalue weighted by molar-refractivity contribution is 6.35. The van der Waals surface area contributed by atoms with E-state index in [1.165, 1.54) is 0 Å². The Kier molecular flexibility index (Phi) is 5.03. The summed E-state index contributed by atoms with van der Waals surface area (Å²) in [4.78, 5) is 12.2. The zero-order valence-corrected chi connectivity index (χ0v) is 14.0. The molecule has 0 unspecified atom stereocenters. The van der Waals surface area contributed by atoms with Crippen molar-refractivity contribution in [3.05, 3.63) is 58.2 Å². The van der Waals surface area contributed by atoms with E-state index in [1.807, 2.05) is 6.07 Å². The van der Waals surface area contributed by atoms with Gasteiger partial charge in [0.25, 0.3) is 0 Å². The Balaban J connectivity index is 1.67. The number of halogens is 2. The molecule has 1 amide bonds. The SMILES string of the molecule is O=C(C[C@H]1C=CCC1)Nc1ccnn1Cc1ccc(Cl)cc1Cl. The number of anilines is 1. The van der Waals surface area contributed by atoms with Gasteiger partial charge in [0.05, 0.1) is 12.7 Å². The van der Waals surface area contributed by atoms with Crippen LogP contribution in [0.2, 0.25) is 10.0 Å². The largest absolute Gasteiger partial charge is 0.311 e. The average molecular weight is 350 g/mol. The van der Waals surface area contributed by atoms with Crippen molar-refractivity contribution < 1.29 is 4.79 Å². The van der Waals surface area contributed by atoms with Crippen LogP contribution in [0.1, 0.15) is 24.8 Å². The number of aromatic nitrogens is 2. The predicted molar refractivity (Wildman–Crippen MR) is 92.9 cm³/mol. The summed E-state index contributed by atoms with van der Waals surface area (Å²) in [5.41, 5.74) is 0.897. The summed E-state index contributed by atoms with van der Waals surface area (Å²) in [7, 11) is 0. The third-order valence-electron chi connectivity index (χ3n) is 3.88. The number of nitrogens with one attached hydrogen (secondary N) is 1. The maximum absolute atomic E-state index is 12.2. The van der Waals surface area contributed by atoms with Gasteiger partial charge < -0.3 is 5.32 Å². The number of amides is 1. The Labute approximate surface area is 145 Å². The smallest absolute Gasteiger partial charge is 0.226 e. The lowest BCUT2D eigenvalue weighted by atomic mass is 10.1. The van der Waals surface area contributed by atoms with Gasteiger partial charge >= 0.3 is 0 Å². The minimum atomic E-state index is 0.00510. The Hall–Kier alpha value is -1.78. The van der Waals surface area contributed by atoms with E-state index in [2.05, 4.69) is 22.6 Å². The Morgan fingerprint density at radius 2 is 2.22 bits per heavy atom. The number of hydrogen-bond donors (Lipinski definition) is 1. The summed E-state index contributed by atoms with van der Waals surface area (Å²) in [5, 5.41) is 8.36. The highest BCUT2D eigenvalue weighted by atomic mass is 35.5. The Bertz CT molecular complexity index is 739. The summed E-state index contributed by atoms with van der Waals surface area (Å²) in [5.74, 6) is 1.02. The van der Waals surface area contributed by atoms with E-state index in [0.29, 0.717) is 34.7 Å². The van der Waals surface area contributed by atoms with Crippen molar-refractivity contribution in [3.8, 4) is 0 Å². The van der Waals surface area contributed by atoms with Gasteiger partial charge in [0.2, 0.25) is 5.91 Å². The average Bonchev–Trinajstić information content (AvgIpc) is 3.14. The van der Waals surface area contributed by atoms with Crippen LogP contribution in [0.3, 0.4) is 0 Å². The van der Waals surface area contributed by atoms with Crippen LogP contribution in [-0.4, -0.2) is 15.7 Å². The molecular weight excluding hydrogens is 333 g/mol. The first-order valence-corrected chi connectivity index (χ1v) is 8.29. The van der Waals surface area contributed by atoms with Crippen LogP contribution < -0.4 is 5.32 Å². The number of carbonyl (C=O) groups is 1. The number of allylic oxidation sites excluding steroid dienone is 2. The predicted octanol–water partition coefficient (Wildman–Crippen LogP) is 4.53. The van der Waals surface area contributed by atoms with Crippen molar-refractivity contribution in [2.24, 2.45) is 5.92 Å². The molecule has 0 saturated heterocycles. The van der Waals surface area contributed by atoms with Gasteiger partial charge in [-0.3, -0.25) is 4.79 Å². The van der Waals surface area contributed by atoms with E-state index in [9.17, 15) is 4.79 Å². The Morgan fingerprint density at radius 1 is 1.35 bits per heavy atom. The van der Waals surface area contributed by atoms with Gasteiger partial charge in [-0.1, -0.05) is 41.4 Å². The highest BCUT2D eigenvalue weighted by Crippen LogP contribution is 2.23. The van der Waals surface area contributed by atoms with Crippen molar-refractivity contribution in [3.63, 3.8) is 0 Å². The third-order valence-corrected chi connectivity index (χ3v) is 4.47. The highest BCUT2D eigenvalue weighted by Gasteiger charge is 2.15. The second-order valence-corrected chi connectivity index (χ2v) is 6.47. The molecule has 1 aliphatic carbocycles. The molecule has 0 saturated carbocycles. The first kappa shape index (κ1) is 16.1. The second kappa shape index (κ2) is 7.20. The maximum Gasteiger partial charge on any atom is 0.226 e. The fraction of sp³-hybridized carbons (Fsp3) is 0.294. The minimum absolute atomic E-state index is 0.00510. The van der Waals surface area contributed by atoms with Crippen LogP contribution in [0, 0.1) is 5.92 Å². The lowest BCUT2D eigenvalue weighted by Gasteiger charge is -2.12. The van der Waals surface area contributed by atoms with Gasteiger partial charge in [-0.25, -0.2) is 4.68 Å². The molecule has 0 fully saturated rings. The molecule has 0 aliphatic heterocycles. The van der Waals surface area contributed by atoms with Gasteiger partial charge in [-0.15, -0.1) is 0 Å². The van der Waals surface area contributed by atoms with Crippen molar-refractivity contribution in [2.45, 2.75) is 25.8 Å². The molecule has 6 heteroatoms. The molecule has 2 aromatic rings. The van der Waals surface area contributed by atoms with E-state index in [4.69, 9.17) is 23.2 Å². The fourth-order valence-corrected chi connectivity index (χ4v) is 3.14. The van der Waals surface area contributed by atoms with E-state index < -0.39 is 0 Å². The van der Waals surface area contributed by atoms with Crippen molar-refractivity contribution in [1.82, 2.24) is 9.78 Å². The van der Waals surface area contributed by atoms with E-state index >= 15 is 0 Å². The molecule has 1 aliphatic rings. The van der Waals surface area contributed by atoms with Crippen LogP contribution in [0.5, 0.6) is 0 Å². The second-order valence-electron chi connectivity index (χ2n) is 5.63. The van der Waals surface area contributed by atoms with E-state index in [1.54, 1.807) is 29.1 Å². The summed E-state index contributed by atoms with van der Waals surface area (Å²) < 4.78 is 1.72. The zero-order valence-electron chi connectivity index (χ0n) is 12.5. The molecule has 1 aromatic carbocycles. The molecule has 120 valence electrons. The lowest BCUT2D eigenvalue weighted by Crippen LogP contribution is -2.18. The quantitative estimate of drug-likeness (QED) is 0.805. The van der Waals surface area contributed by atoms with Crippen LogP contribution in [-0.2, 0) is 11.3 Å². The lowest BCUT2D eigenvalue weighted by molar-refractivity contribution is -0.116. The van der Waals surface area contributed by atoms with Crippen LogP contribution in [0.15, 0.2) is 42.6 Å². The number of carbonyl (C=O) groups excluding carboxylic acids is 1. The molecule has 1 N–H and O–H groups in total. The van der Waals surface area contributed by atoms with Gasteiger partial charge in [-0.05, 0) is 36.5 Å². The summed E-state index contributed by atoms with van der Waals surface area (Å²) in [6.45, 7) is 0.474. The maximum atomic E-state index is 12.2. The number of nitrogens with zero attached hydrogens (tertiary/aromatic N) is 2. The summed E-state index contributed by atoms with van der Waals surface area (Å²) >= 11 is 12.1. The molecular formula is C17H17Cl2N3O. The molecule has 0 bridgehead atoms. The molecule has 3 rings (SSSR count). The van der Waals surface area contributed by atoms with Gasteiger partial charge in [0.1, 0.15) is 5.82 Å². The van der Waals surface area contributed by atoms with E-state index in [0.717, 1.165) is 18.4 Å². The molecule has 23 heavy (non-hydrogen) atoms. The zero-order chi connectivity index (χ0) is 16.2. The van der Waals surface area contributed by atoms with Crippen LogP contribution in [0.4, 0.5) is 5.82 Å².